The summed E-state index contributed by atoms with van der Waals surface area (Å²) in [4.78, 5) is 27.5. The molecule has 0 aromatic heterocycles. The number of carbonyl (C=O) groups is 2. The lowest BCUT2D eigenvalue weighted by Gasteiger charge is -2.35. The van der Waals surface area contributed by atoms with Gasteiger partial charge in [-0.05, 0) is 24.6 Å². The smallest absolute Gasteiger partial charge is 0.239 e. The first-order valence-corrected chi connectivity index (χ1v) is 7.42. The van der Waals surface area contributed by atoms with Crippen molar-refractivity contribution >= 4 is 35.8 Å². The zero-order valence-electron chi connectivity index (χ0n) is 12.5. The largest absolute Gasteiger partial charge is 0.339 e. The Morgan fingerprint density at radius 2 is 1.64 bits per heavy atom. The zero-order valence-corrected chi connectivity index (χ0v) is 14.1. The summed E-state index contributed by atoms with van der Waals surface area (Å²) in [7, 11) is 0. The van der Waals surface area contributed by atoms with Crippen LogP contribution in [0, 0.1) is 0 Å². The van der Waals surface area contributed by atoms with Gasteiger partial charge in [0.15, 0.2) is 0 Å². The SMILES string of the molecule is C[C@@H](N)C(=O)N1CCN(C(=O)Cc2ccc(Cl)cc2)CC1.Cl. The number of nitrogens with zero attached hydrogens (tertiary/aromatic N) is 2. The highest BCUT2D eigenvalue weighted by molar-refractivity contribution is 6.30. The van der Waals surface area contributed by atoms with E-state index in [1.54, 1.807) is 28.9 Å². The molecule has 2 N–H and O–H groups in total. The first kappa shape index (κ1) is 18.7. The van der Waals surface area contributed by atoms with Gasteiger partial charge in [0.05, 0.1) is 12.5 Å². The first-order valence-electron chi connectivity index (χ1n) is 7.04. The number of carbonyl (C=O) groups excluding carboxylic acids is 2. The average Bonchev–Trinajstić information content (AvgIpc) is 2.49. The van der Waals surface area contributed by atoms with E-state index < -0.39 is 6.04 Å². The predicted octanol–water partition coefficient (Wildman–Crippen LogP) is 1.32. The lowest BCUT2D eigenvalue weighted by atomic mass is 10.1. The van der Waals surface area contributed by atoms with Gasteiger partial charge in [0.25, 0.3) is 0 Å². The second-order valence-corrected chi connectivity index (χ2v) is 5.73. The Bertz CT molecular complexity index is 512. The highest BCUT2D eigenvalue weighted by atomic mass is 35.5. The molecule has 1 aromatic rings. The maximum atomic E-state index is 12.2. The van der Waals surface area contributed by atoms with E-state index in [9.17, 15) is 9.59 Å². The van der Waals surface area contributed by atoms with E-state index in [0.29, 0.717) is 37.6 Å². The van der Waals surface area contributed by atoms with Gasteiger partial charge in [0, 0.05) is 31.2 Å². The summed E-state index contributed by atoms with van der Waals surface area (Å²) in [6.45, 7) is 3.90. The van der Waals surface area contributed by atoms with Crippen LogP contribution in [0.2, 0.25) is 5.02 Å². The van der Waals surface area contributed by atoms with Gasteiger partial charge in [0.2, 0.25) is 11.8 Å². The van der Waals surface area contributed by atoms with Gasteiger partial charge < -0.3 is 15.5 Å². The molecule has 1 aromatic carbocycles. The molecule has 1 aliphatic rings. The Kier molecular flexibility index (Phi) is 7.13. The molecule has 7 heteroatoms. The van der Waals surface area contributed by atoms with Crippen LogP contribution in [0.15, 0.2) is 24.3 Å². The number of amides is 2. The van der Waals surface area contributed by atoms with Crippen LogP contribution in [0.25, 0.3) is 0 Å². The van der Waals surface area contributed by atoms with Crippen molar-refractivity contribution in [2.75, 3.05) is 26.2 Å². The van der Waals surface area contributed by atoms with Crippen molar-refractivity contribution in [3.8, 4) is 0 Å². The molecule has 2 rings (SSSR count). The molecule has 5 nitrogen and oxygen atoms in total. The van der Waals surface area contributed by atoms with E-state index in [1.165, 1.54) is 0 Å². The van der Waals surface area contributed by atoms with E-state index in [2.05, 4.69) is 0 Å². The summed E-state index contributed by atoms with van der Waals surface area (Å²) < 4.78 is 0. The van der Waals surface area contributed by atoms with E-state index in [0.717, 1.165) is 5.56 Å². The van der Waals surface area contributed by atoms with Crippen molar-refractivity contribution in [1.29, 1.82) is 0 Å². The van der Waals surface area contributed by atoms with Gasteiger partial charge in [-0.25, -0.2) is 0 Å². The Balaban J connectivity index is 0.00000242. The molecule has 0 saturated carbocycles. The number of hydrogen-bond donors (Lipinski definition) is 1. The fourth-order valence-electron chi connectivity index (χ4n) is 2.35. The summed E-state index contributed by atoms with van der Waals surface area (Å²) in [6, 6.07) is 6.79. The molecular weight excluding hydrogens is 325 g/mol. The van der Waals surface area contributed by atoms with Gasteiger partial charge in [-0.15, -0.1) is 12.4 Å². The Labute approximate surface area is 141 Å². The standard InChI is InChI=1S/C15H20ClN3O2.ClH/c1-11(17)15(21)19-8-6-18(7-9-19)14(20)10-12-2-4-13(16)5-3-12;/h2-5,11H,6-10,17H2,1H3;1H/t11-;/m1./s1. The average molecular weight is 346 g/mol. The van der Waals surface area contributed by atoms with Crippen molar-refractivity contribution in [2.24, 2.45) is 5.73 Å². The number of piperazine rings is 1. The van der Waals surface area contributed by atoms with E-state index >= 15 is 0 Å². The Hall–Kier alpha value is -1.30. The third-order valence-corrected chi connectivity index (χ3v) is 3.85. The van der Waals surface area contributed by atoms with Crippen LogP contribution in [-0.2, 0) is 16.0 Å². The van der Waals surface area contributed by atoms with E-state index in [-0.39, 0.29) is 24.2 Å². The monoisotopic (exact) mass is 345 g/mol. The molecule has 0 unspecified atom stereocenters. The quantitative estimate of drug-likeness (QED) is 0.898. The summed E-state index contributed by atoms with van der Waals surface area (Å²) in [5, 5.41) is 0.661. The zero-order chi connectivity index (χ0) is 15.4. The van der Waals surface area contributed by atoms with Crippen LogP contribution >= 0.6 is 24.0 Å². The molecule has 122 valence electrons. The highest BCUT2D eigenvalue weighted by Crippen LogP contribution is 2.12. The fraction of sp³-hybridized carbons (Fsp3) is 0.467. The molecule has 1 aliphatic heterocycles. The normalized spacial score (nSPS) is 16.0. The van der Waals surface area contributed by atoms with Crippen molar-refractivity contribution < 1.29 is 9.59 Å². The molecule has 22 heavy (non-hydrogen) atoms. The van der Waals surface area contributed by atoms with Crippen LogP contribution < -0.4 is 5.73 Å². The van der Waals surface area contributed by atoms with Crippen molar-refractivity contribution in [3.63, 3.8) is 0 Å². The van der Waals surface area contributed by atoms with Crippen molar-refractivity contribution in [3.05, 3.63) is 34.9 Å². The fourth-order valence-corrected chi connectivity index (χ4v) is 2.48. The molecule has 2 amide bonds. The second-order valence-electron chi connectivity index (χ2n) is 5.30. The number of nitrogens with two attached hydrogens (primary N) is 1. The molecule has 0 radical (unpaired) electrons. The highest BCUT2D eigenvalue weighted by Gasteiger charge is 2.25. The molecule has 0 aliphatic carbocycles. The lowest BCUT2D eigenvalue weighted by molar-refractivity contribution is -0.139. The molecule has 0 spiro atoms. The predicted molar refractivity (Wildman–Crippen MR) is 89.2 cm³/mol. The molecule has 1 atom stereocenters. The number of halogens is 2. The molecule has 1 fully saturated rings. The maximum absolute atomic E-state index is 12.2. The van der Waals surface area contributed by atoms with Gasteiger partial charge in [-0.2, -0.15) is 0 Å². The molecule has 1 saturated heterocycles. The minimum Gasteiger partial charge on any atom is -0.339 e. The van der Waals surface area contributed by atoms with E-state index in [1.807, 2.05) is 12.1 Å². The van der Waals surface area contributed by atoms with Gasteiger partial charge >= 0.3 is 0 Å². The Morgan fingerprint density at radius 3 is 2.14 bits per heavy atom. The minimum absolute atomic E-state index is 0. The van der Waals surface area contributed by atoms with Crippen molar-refractivity contribution in [1.82, 2.24) is 9.80 Å². The van der Waals surface area contributed by atoms with Crippen LogP contribution in [0.3, 0.4) is 0 Å². The molecule has 1 heterocycles. The van der Waals surface area contributed by atoms with Crippen LogP contribution in [0.5, 0.6) is 0 Å². The third-order valence-electron chi connectivity index (χ3n) is 3.60. The van der Waals surface area contributed by atoms with Crippen LogP contribution in [-0.4, -0.2) is 53.8 Å². The molecular formula is C15H21Cl2N3O2. The maximum Gasteiger partial charge on any atom is 0.239 e. The van der Waals surface area contributed by atoms with Gasteiger partial charge in [-0.3, -0.25) is 9.59 Å². The topological polar surface area (TPSA) is 66.6 Å². The first-order chi connectivity index (χ1) is 9.97. The van der Waals surface area contributed by atoms with Crippen molar-refractivity contribution in [2.45, 2.75) is 19.4 Å². The van der Waals surface area contributed by atoms with E-state index in [4.69, 9.17) is 17.3 Å². The second kappa shape index (κ2) is 8.36. The summed E-state index contributed by atoms with van der Waals surface area (Å²) >= 11 is 5.83. The van der Waals surface area contributed by atoms with Crippen LogP contribution in [0.1, 0.15) is 12.5 Å². The van der Waals surface area contributed by atoms with Crippen LogP contribution in [0.4, 0.5) is 0 Å². The number of benzene rings is 1. The third kappa shape index (κ3) is 4.87. The number of hydrogen-bond acceptors (Lipinski definition) is 3. The summed E-state index contributed by atoms with van der Waals surface area (Å²) in [5.41, 5.74) is 6.54. The lowest BCUT2D eigenvalue weighted by Crippen LogP contribution is -2.54. The number of rotatable bonds is 3. The minimum atomic E-state index is -0.485. The summed E-state index contributed by atoms with van der Waals surface area (Å²) in [5.74, 6) is 0.0185. The molecule has 0 bridgehead atoms. The van der Waals surface area contributed by atoms with Gasteiger partial charge in [-0.1, -0.05) is 23.7 Å². The van der Waals surface area contributed by atoms with Gasteiger partial charge in [0.1, 0.15) is 0 Å². The summed E-state index contributed by atoms with van der Waals surface area (Å²) in [6.07, 6.45) is 0.360. The Morgan fingerprint density at radius 1 is 1.14 bits per heavy atom.